The Morgan fingerprint density at radius 1 is 1.30 bits per heavy atom. The quantitative estimate of drug-likeness (QED) is 0.659. The molecule has 1 heterocycles. The minimum Gasteiger partial charge on any atom is -0.760 e. The van der Waals surface area contributed by atoms with Gasteiger partial charge in [0.05, 0.1) is 5.69 Å². The first kappa shape index (κ1) is 16.2. The summed E-state index contributed by atoms with van der Waals surface area (Å²) >= 11 is -2.36. The van der Waals surface area contributed by atoms with Crippen LogP contribution in [-0.2, 0) is 18.3 Å². The average molecular weight is 294 g/mol. The molecule has 1 aromatic heterocycles. The normalized spacial score (nSPS) is 11.4. The number of imidazole rings is 1. The minimum absolute atomic E-state index is 0.0319. The third-order valence-electron chi connectivity index (χ3n) is 2.51. The molecular formula is C13H16N3O3S-. The average Bonchev–Trinajstić information content (AvgIpc) is 2.68. The molecule has 0 saturated heterocycles. The molecule has 1 aromatic carbocycles. The van der Waals surface area contributed by atoms with E-state index >= 15 is 0 Å². The van der Waals surface area contributed by atoms with Crippen molar-refractivity contribution in [1.82, 2.24) is 9.55 Å². The second kappa shape index (κ2) is 7.09. The molecule has 0 spiro atoms. The monoisotopic (exact) mass is 294 g/mol. The predicted octanol–water partition coefficient (Wildman–Crippen LogP) is 1.01. The number of carbonyl (C=O) groups excluding carboxylic acids is 1. The van der Waals surface area contributed by atoms with Gasteiger partial charge in [0.2, 0.25) is 5.78 Å². The van der Waals surface area contributed by atoms with Crippen molar-refractivity contribution in [3.8, 4) is 0 Å². The zero-order valence-electron chi connectivity index (χ0n) is 11.5. The van der Waals surface area contributed by atoms with Crippen LogP contribution in [0.4, 0.5) is 0 Å². The van der Waals surface area contributed by atoms with Crippen molar-refractivity contribution in [3.05, 3.63) is 53.1 Å². The number of hydrogen-bond acceptors (Lipinski definition) is 4. The molecule has 0 amide bonds. The van der Waals surface area contributed by atoms with Crippen LogP contribution in [0.2, 0.25) is 0 Å². The molecular weight excluding hydrogens is 278 g/mol. The summed E-state index contributed by atoms with van der Waals surface area (Å²) in [6.45, 7) is 3.88. The summed E-state index contributed by atoms with van der Waals surface area (Å²) in [4.78, 5) is 16.3. The molecule has 2 rings (SSSR count). The summed E-state index contributed by atoms with van der Waals surface area (Å²) in [5, 5.41) is 4.03. The van der Waals surface area contributed by atoms with Crippen LogP contribution in [0.5, 0.6) is 0 Å². The topological polar surface area (TPSA) is 101 Å². The van der Waals surface area contributed by atoms with Crippen molar-refractivity contribution < 1.29 is 13.6 Å². The van der Waals surface area contributed by atoms with Gasteiger partial charge in [0, 0.05) is 30.1 Å². The molecule has 0 aliphatic carbocycles. The molecule has 2 aromatic rings. The molecule has 0 bridgehead atoms. The number of ketones is 1. The number of benzene rings is 1. The van der Waals surface area contributed by atoms with E-state index in [1.54, 1.807) is 4.57 Å². The second-order valence-corrected chi connectivity index (χ2v) is 4.79. The van der Waals surface area contributed by atoms with Gasteiger partial charge in [-0.3, -0.25) is 14.1 Å². The number of nitrogens with zero attached hydrogens (tertiary/aromatic N) is 2. The summed E-state index contributed by atoms with van der Waals surface area (Å²) in [7, 11) is 1.83. The van der Waals surface area contributed by atoms with Gasteiger partial charge in [-0.05, 0) is 13.8 Å². The largest absolute Gasteiger partial charge is 0.760 e. The molecule has 7 heteroatoms. The Kier molecular flexibility index (Phi) is 5.75. The van der Waals surface area contributed by atoms with E-state index in [0.29, 0.717) is 11.4 Å². The Balaban J connectivity index is 0.000000444. The van der Waals surface area contributed by atoms with E-state index in [1.807, 2.05) is 51.4 Å². The van der Waals surface area contributed by atoms with Gasteiger partial charge in [0.15, 0.2) is 5.82 Å². The van der Waals surface area contributed by atoms with Crippen LogP contribution >= 0.6 is 0 Å². The van der Waals surface area contributed by atoms with Gasteiger partial charge >= 0.3 is 0 Å². The Hall–Kier alpha value is -1.83. The van der Waals surface area contributed by atoms with Crippen molar-refractivity contribution in [2.45, 2.75) is 13.8 Å². The molecule has 0 aliphatic rings. The molecule has 2 N–H and O–H groups in total. The maximum Gasteiger partial charge on any atom is 0.228 e. The van der Waals surface area contributed by atoms with E-state index in [-0.39, 0.29) is 5.78 Å². The Morgan fingerprint density at radius 3 is 2.20 bits per heavy atom. The highest BCUT2D eigenvalue weighted by Gasteiger charge is 2.14. The molecule has 6 nitrogen and oxygen atoms in total. The van der Waals surface area contributed by atoms with Crippen LogP contribution in [0.1, 0.15) is 27.4 Å². The summed E-state index contributed by atoms with van der Waals surface area (Å²) < 4.78 is 19.3. The number of aryl methyl sites for hydroxylation is 3. The third-order valence-corrected chi connectivity index (χ3v) is 2.51. The molecule has 0 radical (unpaired) electrons. The van der Waals surface area contributed by atoms with Gasteiger partial charge in [-0.2, -0.15) is 0 Å². The van der Waals surface area contributed by atoms with Gasteiger partial charge in [0.1, 0.15) is 0 Å². The van der Waals surface area contributed by atoms with Crippen molar-refractivity contribution in [3.63, 3.8) is 0 Å². The lowest BCUT2D eigenvalue weighted by molar-refractivity contribution is 0.102. The third kappa shape index (κ3) is 4.69. The fourth-order valence-electron chi connectivity index (χ4n) is 1.66. The van der Waals surface area contributed by atoms with Crippen LogP contribution in [0.25, 0.3) is 0 Å². The lowest BCUT2D eigenvalue weighted by Crippen LogP contribution is -2.08. The summed E-state index contributed by atoms with van der Waals surface area (Å²) in [6.07, 6.45) is 1.85. The first-order valence-corrected chi connectivity index (χ1v) is 6.90. The summed E-state index contributed by atoms with van der Waals surface area (Å²) in [5.41, 5.74) is 2.69. The standard InChI is InChI=1S/C13H14N2O.H3NO2S/c1-9-4-6-11(7-5-9)12(16)13-14-10(2)8-15(13)3;1-4(2)3/h4-8H,1-3H3;1H2,(H,2,3)/p-1. The van der Waals surface area contributed by atoms with Crippen molar-refractivity contribution in [2.75, 3.05) is 0 Å². The first-order chi connectivity index (χ1) is 9.31. The maximum atomic E-state index is 12.1. The maximum absolute atomic E-state index is 12.1. The molecule has 20 heavy (non-hydrogen) atoms. The van der Waals surface area contributed by atoms with Gasteiger partial charge < -0.3 is 9.12 Å². The van der Waals surface area contributed by atoms with Crippen molar-refractivity contribution in [1.29, 1.82) is 0 Å². The lowest BCUT2D eigenvalue weighted by atomic mass is 10.1. The highest BCUT2D eigenvalue weighted by atomic mass is 32.2. The number of rotatable bonds is 2. The van der Waals surface area contributed by atoms with Crippen LogP contribution < -0.4 is 5.14 Å². The van der Waals surface area contributed by atoms with E-state index in [4.69, 9.17) is 8.76 Å². The fraction of sp³-hybridized carbons (Fsp3) is 0.231. The first-order valence-electron chi connectivity index (χ1n) is 5.76. The van der Waals surface area contributed by atoms with Gasteiger partial charge in [-0.15, -0.1) is 0 Å². The molecule has 1 unspecified atom stereocenters. The van der Waals surface area contributed by atoms with Gasteiger partial charge in [-0.25, -0.2) is 4.98 Å². The van der Waals surface area contributed by atoms with Crippen molar-refractivity contribution >= 4 is 17.0 Å². The van der Waals surface area contributed by atoms with E-state index < -0.39 is 11.3 Å². The SMILES string of the molecule is Cc1ccc(C(=O)c2nc(C)cn2C)cc1.NS(=O)[O-]. The number of carbonyl (C=O) groups is 1. The van der Waals surface area contributed by atoms with E-state index in [1.165, 1.54) is 0 Å². The molecule has 0 saturated carbocycles. The van der Waals surface area contributed by atoms with Gasteiger partial charge in [-0.1, -0.05) is 29.8 Å². The summed E-state index contributed by atoms with van der Waals surface area (Å²) in [6, 6.07) is 7.54. The Morgan fingerprint density at radius 2 is 1.80 bits per heavy atom. The van der Waals surface area contributed by atoms with Crippen LogP contribution in [0, 0.1) is 13.8 Å². The number of aromatic nitrogens is 2. The van der Waals surface area contributed by atoms with E-state index in [9.17, 15) is 4.79 Å². The zero-order valence-corrected chi connectivity index (χ0v) is 12.3. The number of hydrogen-bond donors (Lipinski definition) is 1. The zero-order chi connectivity index (χ0) is 15.3. The van der Waals surface area contributed by atoms with Gasteiger partial charge in [0.25, 0.3) is 0 Å². The fourth-order valence-corrected chi connectivity index (χ4v) is 1.66. The van der Waals surface area contributed by atoms with E-state index in [0.717, 1.165) is 11.3 Å². The highest BCUT2D eigenvalue weighted by molar-refractivity contribution is 7.76. The minimum atomic E-state index is -2.36. The highest BCUT2D eigenvalue weighted by Crippen LogP contribution is 2.10. The number of nitrogens with two attached hydrogens (primary N) is 1. The lowest BCUT2D eigenvalue weighted by Gasteiger charge is -2.01. The predicted molar refractivity (Wildman–Crippen MR) is 75.7 cm³/mol. The summed E-state index contributed by atoms with van der Waals surface area (Å²) in [5.74, 6) is 0.456. The van der Waals surface area contributed by atoms with E-state index in [2.05, 4.69) is 10.1 Å². The smallest absolute Gasteiger partial charge is 0.228 e. The van der Waals surface area contributed by atoms with Crippen LogP contribution in [-0.4, -0.2) is 24.1 Å². The molecule has 1 atom stereocenters. The second-order valence-electron chi connectivity index (χ2n) is 4.27. The molecule has 108 valence electrons. The van der Waals surface area contributed by atoms with Crippen LogP contribution in [0.3, 0.4) is 0 Å². The molecule has 0 fully saturated rings. The molecule has 0 aliphatic heterocycles. The Bertz CT molecular complexity index is 616. The van der Waals surface area contributed by atoms with Crippen molar-refractivity contribution in [2.24, 2.45) is 12.2 Å². The van der Waals surface area contributed by atoms with Crippen LogP contribution in [0.15, 0.2) is 30.5 Å². The Labute approximate surface area is 120 Å².